The minimum atomic E-state index is -0.394. The predicted molar refractivity (Wildman–Crippen MR) is 193 cm³/mol. The number of carbonyl (C=O) groups excluding carboxylic acids is 1. The third kappa shape index (κ3) is 6.77. The normalized spacial score (nSPS) is 16.2. The van der Waals surface area contributed by atoms with Gasteiger partial charge in [0.25, 0.3) is 5.91 Å². The Balaban J connectivity index is 1.10. The number of nitrogens with zero attached hydrogens (tertiary/aromatic N) is 4. The average molecular weight is 639 g/mol. The Morgan fingerprint density at radius 1 is 0.816 bits per heavy atom. The van der Waals surface area contributed by atoms with Crippen LogP contribution >= 0.6 is 0 Å². The molecule has 1 aliphatic carbocycles. The molecule has 1 saturated carbocycles. The topological polar surface area (TPSA) is 83.8 Å². The zero-order valence-corrected chi connectivity index (χ0v) is 27.2. The molecule has 1 aromatic heterocycles. The molecule has 0 radical (unpaired) electrons. The molecule has 6 heteroatoms. The Labute approximate surface area is 287 Å². The van der Waals surface area contributed by atoms with E-state index in [-0.39, 0.29) is 5.57 Å². The monoisotopic (exact) mass is 638 g/mol. The first-order chi connectivity index (χ1) is 24.1. The molecule has 1 N–H and O–H groups in total. The van der Waals surface area contributed by atoms with E-state index in [1.54, 1.807) is 30.6 Å². The molecule has 1 amide bonds. The maximum Gasteiger partial charge on any atom is 0.262 e. The number of pyridine rings is 1. The quantitative estimate of drug-likeness (QED) is 0.0769. The van der Waals surface area contributed by atoms with E-state index in [1.165, 1.54) is 40.1 Å². The first-order valence-corrected chi connectivity index (χ1v) is 16.8. The summed E-state index contributed by atoms with van der Waals surface area (Å²) in [5.41, 5.74) is 9.88. The molecule has 7 rings (SSSR count). The van der Waals surface area contributed by atoms with Crippen LogP contribution in [0.4, 0.5) is 11.4 Å². The summed E-state index contributed by atoms with van der Waals surface area (Å²) in [6.45, 7) is 0.901. The second kappa shape index (κ2) is 14.3. The van der Waals surface area contributed by atoms with Gasteiger partial charge in [0.15, 0.2) is 18.9 Å². The maximum absolute atomic E-state index is 12.9. The number of rotatable bonds is 9. The van der Waals surface area contributed by atoms with Crippen molar-refractivity contribution in [3.8, 4) is 12.1 Å². The van der Waals surface area contributed by atoms with Gasteiger partial charge in [-0.05, 0) is 82.6 Å². The summed E-state index contributed by atoms with van der Waals surface area (Å²) in [7, 11) is 0. The highest BCUT2D eigenvalue weighted by atomic mass is 16.1. The number of hydrogen-bond donors (Lipinski definition) is 1. The summed E-state index contributed by atoms with van der Waals surface area (Å²) in [4.78, 5) is 15.4. The van der Waals surface area contributed by atoms with Gasteiger partial charge >= 0.3 is 0 Å². The van der Waals surface area contributed by atoms with E-state index < -0.39 is 5.91 Å². The predicted octanol–water partition coefficient (Wildman–Crippen LogP) is 7.95. The largest absolute Gasteiger partial charge is 0.345 e. The van der Waals surface area contributed by atoms with Gasteiger partial charge in [-0.3, -0.25) is 4.79 Å². The number of amides is 1. The van der Waals surface area contributed by atoms with Crippen molar-refractivity contribution in [3.63, 3.8) is 0 Å². The van der Waals surface area contributed by atoms with Crippen LogP contribution in [0, 0.1) is 22.7 Å². The van der Waals surface area contributed by atoms with Gasteiger partial charge in [0.05, 0.1) is 18.2 Å². The fraction of sp³-hybridized carbons (Fsp3) is 0.163. The van der Waals surface area contributed by atoms with Crippen LogP contribution in [0.2, 0.25) is 0 Å². The highest BCUT2D eigenvalue weighted by Crippen LogP contribution is 2.52. The summed E-state index contributed by atoms with van der Waals surface area (Å²) in [6.07, 6.45) is 11.0. The molecule has 0 saturated heterocycles. The number of aromatic nitrogens is 1. The zero-order valence-electron chi connectivity index (χ0n) is 27.2. The lowest BCUT2D eigenvalue weighted by Gasteiger charge is -2.27. The van der Waals surface area contributed by atoms with Gasteiger partial charge in [0.2, 0.25) is 0 Å². The van der Waals surface area contributed by atoms with E-state index in [0.717, 1.165) is 24.0 Å². The van der Waals surface area contributed by atoms with E-state index in [0.29, 0.717) is 30.6 Å². The Morgan fingerprint density at radius 3 is 2.14 bits per heavy atom. The number of carbonyl (C=O) groups is 1. The van der Waals surface area contributed by atoms with Crippen molar-refractivity contribution in [2.45, 2.75) is 37.8 Å². The molecule has 49 heavy (non-hydrogen) atoms. The van der Waals surface area contributed by atoms with Crippen LogP contribution in [0.25, 0.3) is 17.7 Å². The van der Waals surface area contributed by atoms with Crippen LogP contribution in [0.3, 0.4) is 0 Å². The molecule has 2 aliphatic rings. The third-order valence-corrected chi connectivity index (χ3v) is 9.53. The van der Waals surface area contributed by atoms with Crippen molar-refractivity contribution in [1.29, 1.82) is 10.5 Å². The number of fused-ring (bicyclic) bond motifs is 3. The summed E-state index contributed by atoms with van der Waals surface area (Å²) < 4.78 is 1.89. The molecule has 2 unspecified atom stereocenters. The fourth-order valence-corrected chi connectivity index (χ4v) is 7.16. The Hall–Kier alpha value is -6.24. The van der Waals surface area contributed by atoms with Crippen molar-refractivity contribution >= 4 is 35.0 Å². The number of nitrogens with one attached hydrogen (secondary N) is 1. The lowest BCUT2D eigenvalue weighted by atomic mass is 9.95. The van der Waals surface area contributed by atoms with Gasteiger partial charge in [-0.2, -0.15) is 10.5 Å². The molecule has 2 heterocycles. The summed E-state index contributed by atoms with van der Waals surface area (Å²) >= 11 is 0. The van der Waals surface area contributed by atoms with Crippen LogP contribution in [-0.2, 0) is 11.3 Å². The van der Waals surface area contributed by atoms with Crippen LogP contribution in [-0.4, -0.2) is 18.5 Å². The third-order valence-electron chi connectivity index (χ3n) is 9.53. The highest BCUT2D eigenvalue weighted by molar-refractivity contribution is 6.01. The van der Waals surface area contributed by atoms with Crippen LogP contribution < -0.4 is 14.8 Å². The summed E-state index contributed by atoms with van der Waals surface area (Å²) in [5, 5.41) is 21.7. The molecule has 238 valence electrons. The van der Waals surface area contributed by atoms with E-state index >= 15 is 0 Å². The summed E-state index contributed by atoms with van der Waals surface area (Å²) in [6, 6.07) is 44.3. The Kier molecular flexibility index (Phi) is 9.13. The molecular weight excluding hydrogens is 603 g/mol. The van der Waals surface area contributed by atoms with Gasteiger partial charge in [0.1, 0.15) is 11.6 Å². The molecule has 0 bridgehead atoms. The van der Waals surface area contributed by atoms with Crippen LogP contribution in [0.1, 0.15) is 58.6 Å². The standard InChI is InChI=1S/C43H35N5O/c44-29-32-20-23-47(24-21-32)25-22-46-43(49)36(30-45)26-33-16-19-42-40(28-33)38-12-7-13-41(38)48(42)37-17-14-31(15-18-37)27-39(34-8-3-1-4-9-34)35-10-5-2-6-11-35/h1-6,8-11,14-21,23-24,26-28,38,41H,7,12-13,22,25H2/p+1/b36-26+. The average Bonchev–Trinajstić information content (AvgIpc) is 3.75. The molecule has 1 fully saturated rings. The van der Waals surface area contributed by atoms with Gasteiger partial charge in [0, 0.05) is 35.5 Å². The van der Waals surface area contributed by atoms with Crippen molar-refractivity contribution in [3.05, 3.63) is 167 Å². The smallest absolute Gasteiger partial charge is 0.262 e. The first-order valence-electron chi connectivity index (χ1n) is 16.8. The highest BCUT2D eigenvalue weighted by Gasteiger charge is 2.42. The maximum atomic E-state index is 12.9. The van der Waals surface area contributed by atoms with Crippen molar-refractivity contribution in [1.82, 2.24) is 5.32 Å². The fourth-order valence-electron chi connectivity index (χ4n) is 7.16. The molecule has 5 aromatic rings. The lowest BCUT2D eigenvalue weighted by molar-refractivity contribution is -0.694. The second-order valence-corrected chi connectivity index (χ2v) is 12.5. The van der Waals surface area contributed by atoms with E-state index in [2.05, 4.69) is 113 Å². The molecule has 6 nitrogen and oxygen atoms in total. The van der Waals surface area contributed by atoms with E-state index in [9.17, 15) is 10.1 Å². The number of benzene rings is 4. The van der Waals surface area contributed by atoms with Crippen molar-refractivity contribution < 1.29 is 9.36 Å². The van der Waals surface area contributed by atoms with Gasteiger partial charge in [-0.25, -0.2) is 4.57 Å². The molecular formula is C43H36N5O+. The zero-order chi connectivity index (χ0) is 33.6. The van der Waals surface area contributed by atoms with Crippen molar-refractivity contribution in [2.75, 3.05) is 11.4 Å². The van der Waals surface area contributed by atoms with Crippen LogP contribution in [0.5, 0.6) is 0 Å². The second-order valence-electron chi connectivity index (χ2n) is 12.5. The molecule has 0 spiro atoms. The van der Waals surface area contributed by atoms with Gasteiger partial charge in [-0.1, -0.05) is 85.3 Å². The Morgan fingerprint density at radius 2 is 1.49 bits per heavy atom. The van der Waals surface area contributed by atoms with Gasteiger partial charge in [-0.15, -0.1) is 0 Å². The first kappa shape index (κ1) is 31.4. The van der Waals surface area contributed by atoms with Crippen molar-refractivity contribution in [2.24, 2.45) is 0 Å². The molecule has 4 aromatic carbocycles. The van der Waals surface area contributed by atoms with Gasteiger partial charge < -0.3 is 10.2 Å². The number of anilines is 2. The summed E-state index contributed by atoms with van der Waals surface area (Å²) in [5.74, 6) is 0.0175. The molecule has 1 aliphatic heterocycles. The minimum Gasteiger partial charge on any atom is -0.345 e. The molecule has 2 atom stereocenters. The number of nitriles is 2. The number of hydrogen-bond acceptors (Lipinski definition) is 4. The minimum absolute atomic E-state index is 0.0802. The Bertz CT molecular complexity index is 2060. The SMILES string of the molecule is N#C/C(=C\c1ccc2c(c1)C1CCCC1N2c1ccc(C=C(c2ccccc2)c2ccccc2)cc1)C(=O)NCC[n+]1ccc(C#N)cc1. The van der Waals surface area contributed by atoms with E-state index in [1.807, 2.05) is 22.8 Å². The van der Waals surface area contributed by atoms with Crippen LogP contribution in [0.15, 0.2) is 133 Å². The lowest BCUT2D eigenvalue weighted by Crippen LogP contribution is -2.40. The van der Waals surface area contributed by atoms with E-state index in [4.69, 9.17) is 5.26 Å².